The number of rotatable bonds is 3. The first-order valence-corrected chi connectivity index (χ1v) is 6.81. The van der Waals surface area contributed by atoms with Crippen LogP contribution in [0, 0.1) is 23.2 Å². The zero-order valence-corrected chi connectivity index (χ0v) is 11.8. The highest BCUT2D eigenvalue weighted by Gasteiger charge is 2.26. The summed E-state index contributed by atoms with van der Waals surface area (Å²) in [6, 6.07) is 3.98. The summed E-state index contributed by atoms with van der Waals surface area (Å²) < 4.78 is 1.97. The van der Waals surface area contributed by atoms with E-state index in [0.717, 1.165) is 18.9 Å². The molecule has 102 valence electrons. The molecule has 19 heavy (non-hydrogen) atoms. The first-order valence-electron chi connectivity index (χ1n) is 6.81. The highest BCUT2D eigenvalue weighted by atomic mass is 15.3. The zero-order chi connectivity index (χ0) is 14.0. The summed E-state index contributed by atoms with van der Waals surface area (Å²) in [5, 5.41) is 9.21. The van der Waals surface area contributed by atoms with Crippen LogP contribution in [0.3, 0.4) is 0 Å². The molecule has 0 aliphatic carbocycles. The number of nitrogen functional groups attached to an aromatic ring is 1. The molecule has 2 heterocycles. The molecule has 0 radical (unpaired) electrons. The lowest BCUT2D eigenvalue weighted by molar-refractivity contribution is 0.353. The summed E-state index contributed by atoms with van der Waals surface area (Å²) in [5.41, 5.74) is 7.43. The van der Waals surface area contributed by atoms with Gasteiger partial charge in [0.15, 0.2) is 0 Å². The number of nitrogens with two attached hydrogens (primary N) is 1. The smallest absolute Gasteiger partial charge is 0.133 e. The maximum atomic E-state index is 9.21. The Hall–Kier alpha value is -1.89. The highest BCUT2D eigenvalue weighted by molar-refractivity contribution is 5.68. The third-order valence-electron chi connectivity index (χ3n) is 3.69. The molecule has 0 bridgehead atoms. The van der Waals surface area contributed by atoms with Crippen molar-refractivity contribution in [2.24, 2.45) is 11.8 Å². The molecule has 0 amide bonds. The van der Waals surface area contributed by atoms with Crippen LogP contribution in [0.15, 0.2) is 18.7 Å². The van der Waals surface area contributed by atoms with Crippen molar-refractivity contribution < 1.29 is 0 Å². The van der Waals surface area contributed by atoms with Gasteiger partial charge in [-0.15, -0.1) is 6.58 Å². The van der Waals surface area contributed by atoms with Crippen molar-refractivity contribution in [2.45, 2.75) is 26.8 Å². The van der Waals surface area contributed by atoms with Gasteiger partial charge in [0.1, 0.15) is 17.6 Å². The van der Waals surface area contributed by atoms with Crippen molar-refractivity contribution in [1.29, 1.82) is 5.26 Å². The molecule has 1 aliphatic rings. The fraction of sp³-hybridized carbons (Fsp3) is 0.533. The van der Waals surface area contributed by atoms with Gasteiger partial charge in [-0.3, -0.25) is 0 Å². The first kappa shape index (κ1) is 13.5. The van der Waals surface area contributed by atoms with Crippen molar-refractivity contribution in [2.75, 3.05) is 23.7 Å². The summed E-state index contributed by atoms with van der Waals surface area (Å²) in [5.74, 6) is 2.29. The van der Waals surface area contributed by atoms with Gasteiger partial charge >= 0.3 is 0 Å². The largest absolute Gasteiger partial charge is 0.396 e. The van der Waals surface area contributed by atoms with E-state index in [0.29, 0.717) is 29.8 Å². The van der Waals surface area contributed by atoms with E-state index in [1.807, 2.05) is 4.57 Å². The molecular weight excluding hydrogens is 236 g/mol. The number of hydrogen-bond acceptors (Lipinski definition) is 3. The minimum atomic E-state index is 0.610. The van der Waals surface area contributed by atoms with Crippen LogP contribution in [-0.2, 0) is 6.54 Å². The molecule has 0 unspecified atom stereocenters. The van der Waals surface area contributed by atoms with Crippen LogP contribution < -0.4 is 10.6 Å². The number of anilines is 2. The highest BCUT2D eigenvalue weighted by Crippen LogP contribution is 2.32. The van der Waals surface area contributed by atoms with E-state index >= 15 is 0 Å². The normalized spacial score (nSPS) is 23.1. The second kappa shape index (κ2) is 5.40. The van der Waals surface area contributed by atoms with Crippen molar-refractivity contribution in [3.05, 3.63) is 24.4 Å². The van der Waals surface area contributed by atoms with Crippen LogP contribution in [0.2, 0.25) is 0 Å². The number of piperidine rings is 1. The van der Waals surface area contributed by atoms with E-state index in [4.69, 9.17) is 5.73 Å². The van der Waals surface area contributed by atoms with Crippen LogP contribution >= 0.6 is 0 Å². The number of nitrogens with zero attached hydrogens (tertiary/aromatic N) is 3. The Morgan fingerprint density at radius 2 is 2.11 bits per heavy atom. The van der Waals surface area contributed by atoms with Crippen molar-refractivity contribution >= 4 is 11.5 Å². The van der Waals surface area contributed by atoms with Gasteiger partial charge in [-0.1, -0.05) is 19.9 Å². The molecule has 1 aliphatic heterocycles. The molecule has 4 nitrogen and oxygen atoms in total. The second-order valence-corrected chi connectivity index (χ2v) is 5.67. The van der Waals surface area contributed by atoms with E-state index < -0.39 is 0 Å². The Kier molecular flexibility index (Phi) is 3.84. The third kappa shape index (κ3) is 2.60. The topological polar surface area (TPSA) is 58.0 Å². The van der Waals surface area contributed by atoms with Crippen LogP contribution in [-0.4, -0.2) is 17.7 Å². The molecule has 4 heteroatoms. The lowest BCUT2D eigenvalue weighted by Crippen LogP contribution is -2.40. The Morgan fingerprint density at radius 1 is 1.47 bits per heavy atom. The minimum Gasteiger partial charge on any atom is -0.396 e. The fourth-order valence-electron chi connectivity index (χ4n) is 3.16. The van der Waals surface area contributed by atoms with Crippen LogP contribution in [0.5, 0.6) is 0 Å². The maximum absolute atomic E-state index is 9.21. The molecule has 0 spiro atoms. The Morgan fingerprint density at radius 3 is 2.63 bits per heavy atom. The predicted molar refractivity (Wildman–Crippen MR) is 78.9 cm³/mol. The summed E-state index contributed by atoms with van der Waals surface area (Å²) in [6.45, 7) is 10.9. The minimum absolute atomic E-state index is 0.610. The molecular formula is C15H22N4. The second-order valence-electron chi connectivity index (χ2n) is 5.67. The van der Waals surface area contributed by atoms with E-state index in [-0.39, 0.29) is 0 Å². The molecule has 2 rings (SSSR count). The maximum Gasteiger partial charge on any atom is 0.133 e. The summed E-state index contributed by atoms with van der Waals surface area (Å²) in [7, 11) is 0. The first-order chi connectivity index (χ1) is 9.06. The average Bonchev–Trinajstić information content (AvgIpc) is 2.65. The zero-order valence-electron chi connectivity index (χ0n) is 11.8. The predicted octanol–water partition coefficient (Wildman–Crippen LogP) is 2.61. The van der Waals surface area contributed by atoms with Gasteiger partial charge < -0.3 is 15.2 Å². The Bertz CT molecular complexity index is 499. The van der Waals surface area contributed by atoms with E-state index in [2.05, 4.69) is 31.4 Å². The lowest BCUT2D eigenvalue weighted by atomic mass is 9.92. The Labute approximate surface area is 115 Å². The lowest BCUT2D eigenvalue weighted by Gasteiger charge is -2.37. The van der Waals surface area contributed by atoms with E-state index in [1.165, 1.54) is 6.42 Å². The van der Waals surface area contributed by atoms with Crippen LogP contribution in [0.4, 0.5) is 11.5 Å². The molecule has 1 aromatic rings. The number of nitriles is 1. The van der Waals surface area contributed by atoms with Gasteiger partial charge in [0.2, 0.25) is 0 Å². The number of aromatic nitrogens is 1. The van der Waals surface area contributed by atoms with Crippen molar-refractivity contribution in [3.63, 3.8) is 0 Å². The van der Waals surface area contributed by atoms with Crippen molar-refractivity contribution in [3.8, 4) is 6.07 Å². The number of allylic oxidation sites excluding steroid dienone is 1. The summed E-state index contributed by atoms with van der Waals surface area (Å²) in [6.07, 6.45) is 3.06. The standard InChI is InChI=1S/C15H22N4/c1-4-5-19-13(8-16)7-14(17)15(19)18-9-11(2)6-12(3)10-18/h4,7,11-12H,1,5-6,9-10,17H2,2-3H3/t11-,12-/m1/s1. The molecule has 0 aromatic carbocycles. The number of hydrogen-bond donors (Lipinski definition) is 1. The molecule has 2 atom stereocenters. The van der Waals surface area contributed by atoms with Gasteiger partial charge in [-0.05, 0) is 24.3 Å². The monoisotopic (exact) mass is 258 g/mol. The molecule has 1 aromatic heterocycles. The van der Waals surface area contributed by atoms with Crippen molar-refractivity contribution in [1.82, 2.24) is 4.57 Å². The summed E-state index contributed by atoms with van der Waals surface area (Å²) in [4.78, 5) is 2.32. The quantitative estimate of drug-likeness (QED) is 0.848. The van der Waals surface area contributed by atoms with Crippen LogP contribution in [0.1, 0.15) is 26.0 Å². The van der Waals surface area contributed by atoms with Gasteiger partial charge in [-0.2, -0.15) is 5.26 Å². The molecule has 2 N–H and O–H groups in total. The molecule has 1 saturated heterocycles. The van der Waals surface area contributed by atoms with Gasteiger partial charge in [0.05, 0.1) is 5.69 Å². The third-order valence-corrected chi connectivity index (χ3v) is 3.69. The van der Waals surface area contributed by atoms with E-state index in [1.54, 1.807) is 12.1 Å². The SMILES string of the molecule is C=CCn1c(C#N)cc(N)c1N1C[C@H](C)C[C@@H](C)C1. The Balaban J connectivity index is 2.40. The summed E-state index contributed by atoms with van der Waals surface area (Å²) >= 11 is 0. The van der Waals surface area contributed by atoms with Gasteiger partial charge in [-0.25, -0.2) is 0 Å². The van der Waals surface area contributed by atoms with Gasteiger partial charge in [0.25, 0.3) is 0 Å². The fourth-order valence-corrected chi connectivity index (χ4v) is 3.16. The van der Waals surface area contributed by atoms with Crippen LogP contribution in [0.25, 0.3) is 0 Å². The van der Waals surface area contributed by atoms with Gasteiger partial charge in [0, 0.05) is 19.6 Å². The molecule has 1 fully saturated rings. The van der Waals surface area contributed by atoms with E-state index in [9.17, 15) is 5.26 Å². The average molecular weight is 258 g/mol. The molecule has 0 saturated carbocycles.